The lowest BCUT2D eigenvalue weighted by Crippen LogP contribution is -2.32. The number of benzene rings is 6. The van der Waals surface area contributed by atoms with Gasteiger partial charge in [-0.15, -0.1) is 0 Å². The van der Waals surface area contributed by atoms with E-state index in [1.54, 1.807) is 59.6 Å². The van der Waals surface area contributed by atoms with Gasteiger partial charge in [0.2, 0.25) is 0 Å². The first-order chi connectivity index (χ1) is 34.3. The molecule has 10 nitrogen and oxygen atoms in total. The van der Waals surface area contributed by atoms with Crippen molar-refractivity contribution in [2.45, 2.75) is 101 Å². The highest BCUT2D eigenvalue weighted by Gasteiger charge is 2.42. The Morgan fingerprint density at radius 1 is 0.500 bits per heavy atom. The van der Waals surface area contributed by atoms with Crippen LogP contribution in [0.15, 0.2) is 72.8 Å². The quantitative estimate of drug-likeness (QED) is 0.0646. The number of carbonyl (C=O) groups is 1. The molecule has 1 aliphatic rings. The molecule has 72 heavy (non-hydrogen) atoms. The highest BCUT2D eigenvalue weighted by Crippen LogP contribution is 2.56. The third-order valence-corrected chi connectivity index (χ3v) is 20.3. The Morgan fingerprint density at radius 3 is 1.14 bits per heavy atom. The second kappa shape index (κ2) is 22.4. The average molecular weight is 1060 g/mol. The average Bonchev–Trinajstić information content (AvgIpc) is 3.33. The number of halogens is 2. The zero-order chi connectivity index (χ0) is 52.4. The minimum atomic E-state index is -4.19. The van der Waals surface area contributed by atoms with E-state index in [-0.39, 0.29) is 50.7 Å². The molecule has 0 bridgehead atoms. The molecule has 0 aromatic heterocycles. The molecule has 0 spiro atoms. The molecule has 0 heterocycles. The molecule has 0 aliphatic heterocycles. The van der Waals surface area contributed by atoms with Crippen molar-refractivity contribution in [3.8, 4) is 45.6 Å². The van der Waals surface area contributed by atoms with Crippen molar-refractivity contribution >= 4 is 75.3 Å². The number of ether oxygens (including phenoxy) is 7. The second-order valence-electron chi connectivity index (χ2n) is 18.7. The Morgan fingerprint density at radius 2 is 0.819 bits per heavy atom. The van der Waals surface area contributed by atoms with Crippen molar-refractivity contribution in [2.75, 3.05) is 41.7 Å². The second-order valence-corrected chi connectivity index (χ2v) is 25.0. The first-order valence-corrected chi connectivity index (χ1v) is 28.4. The van der Waals surface area contributed by atoms with Crippen LogP contribution in [0.4, 0.5) is 0 Å². The Labute approximate surface area is 435 Å². The van der Waals surface area contributed by atoms with Gasteiger partial charge in [-0.1, -0.05) is 29.6 Å². The number of hydrogen-bond acceptors (Lipinski definition) is 10. The fourth-order valence-corrected chi connectivity index (χ4v) is 17.4. The van der Waals surface area contributed by atoms with Crippen molar-refractivity contribution in [3.63, 3.8) is 0 Å². The molecule has 0 atom stereocenters. The van der Waals surface area contributed by atoms with E-state index < -0.39 is 26.9 Å². The van der Waals surface area contributed by atoms with Crippen LogP contribution < -0.4 is 60.2 Å². The smallest absolute Gasteiger partial charge is 0.344 e. The van der Waals surface area contributed by atoms with Crippen molar-refractivity contribution < 1.29 is 47.1 Å². The predicted molar refractivity (Wildman–Crippen MR) is 294 cm³/mol. The van der Waals surface area contributed by atoms with Crippen molar-refractivity contribution in [2.24, 2.45) is 0 Å². The van der Waals surface area contributed by atoms with E-state index in [0.29, 0.717) is 49.5 Å². The molecular formula is C58H66Cl2O10P2. The van der Waals surface area contributed by atoms with Crippen LogP contribution in [0.2, 0.25) is 10.0 Å². The Bertz CT molecular complexity index is 2940. The van der Waals surface area contributed by atoms with Crippen LogP contribution in [0.5, 0.6) is 34.5 Å². The van der Waals surface area contributed by atoms with E-state index in [9.17, 15) is 4.79 Å². The van der Waals surface area contributed by atoms with Gasteiger partial charge >= 0.3 is 5.97 Å². The number of carbonyl (C=O) groups excluding carboxylic acids is 1. The van der Waals surface area contributed by atoms with Gasteiger partial charge in [-0.05, 0) is 205 Å². The number of esters is 1. The molecule has 7 rings (SSSR count). The summed E-state index contributed by atoms with van der Waals surface area (Å²) in [4.78, 5) is 13.4. The molecule has 382 valence electrons. The first kappa shape index (κ1) is 54.4. The van der Waals surface area contributed by atoms with E-state index in [2.05, 4.69) is 0 Å². The number of rotatable bonds is 17. The van der Waals surface area contributed by atoms with Crippen LogP contribution in [0.25, 0.3) is 11.1 Å². The van der Waals surface area contributed by atoms with E-state index >= 15 is 9.13 Å². The number of aryl methyl sites for hydroxylation is 8. The summed E-state index contributed by atoms with van der Waals surface area (Å²) >= 11 is 14.9. The first-order valence-electron chi connectivity index (χ1n) is 24.2. The zero-order valence-corrected chi connectivity index (χ0v) is 47.0. The van der Waals surface area contributed by atoms with Gasteiger partial charge in [0.1, 0.15) is 34.5 Å². The van der Waals surface area contributed by atoms with Gasteiger partial charge in [0.25, 0.3) is 0 Å². The van der Waals surface area contributed by atoms with E-state index in [1.807, 2.05) is 104 Å². The molecule has 0 amide bonds. The van der Waals surface area contributed by atoms with Crippen LogP contribution >= 0.6 is 37.5 Å². The summed E-state index contributed by atoms with van der Waals surface area (Å²) in [6, 6.07) is 22.0. The minimum Gasteiger partial charge on any atom is -0.496 e. The monoisotopic (exact) mass is 1050 g/mol. The highest BCUT2D eigenvalue weighted by molar-refractivity contribution is 7.86. The Hall–Kier alpha value is -5.37. The van der Waals surface area contributed by atoms with Gasteiger partial charge in [0, 0.05) is 43.0 Å². The zero-order valence-electron chi connectivity index (χ0n) is 43.7. The third-order valence-electron chi connectivity index (χ3n) is 13.6. The van der Waals surface area contributed by atoms with Gasteiger partial charge < -0.3 is 42.3 Å². The van der Waals surface area contributed by atoms with Gasteiger partial charge in [-0.2, -0.15) is 0 Å². The fraction of sp³-hybridized carbons (Fsp3) is 0.362. The standard InChI is InChI=1S/C58H66Cl2O10P2/c1-14-68-50(61)32-69-57-46(59)20-22-48(71(62,42-24-33(2)53(64-10)34(3)25-42)43-26-35(4)54(65-11)36(5)27-43)51(57)52-49(23-21-47(60)58(52)70-41-18-16-15-17-19-41)72(63,44-28-37(6)55(66-12)38(7)29-44)45-30-39(8)56(67-13)40(9)31-45/h20-31,41H,14-19,32H2,1-13H3. The fourth-order valence-electron chi connectivity index (χ4n) is 10.6. The summed E-state index contributed by atoms with van der Waals surface area (Å²) < 4.78 is 78.1. The summed E-state index contributed by atoms with van der Waals surface area (Å²) in [5, 5.41) is 2.84. The summed E-state index contributed by atoms with van der Waals surface area (Å²) in [5.74, 6) is 2.18. The third kappa shape index (κ3) is 10.1. The lowest BCUT2D eigenvalue weighted by Gasteiger charge is -2.32. The molecule has 0 radical (unpaired) electrons. The highest BCUT2D eigenvalue weighted by atomic mass is 35.5. The van der Waals surface area contributed by atoms with Gasteiger partial charge in [-0.3, -0.25) is 0 Å². The summed E-state index contributed by atoms with van der Waals surface area (Å²) in [5.41, 5.74) is 6.56. The van der Waals surface area contributed by atoms with E-state index in [0.717, 1.165) is 76.6 Å². The maximum Gasteiger partial charge on any atom is 0.344 e. The molecule has 1 aliphatic carbocycles. The lowest BCUT2D eigenvalue weighted by molar-refractivity contribution is -0.145. The van der Waals surface area contributed by atoms with Crippen molar-refractivity contribution in [1.29, 1.82) is 0 Å². The molecule has 1 fully saturated rings. The molecule has 14 heteroatoms. The van der Waals surface area contributed by atoms with Crippen LogP contribution in [0, 0.1) is 55.4 Å². The molecule has 6 aromatic rings. The number of methoxy groups -OCH3 is 4. The van der Waals surface area contributed by atoms with Gasteiger partial charge in [0.05, 0.1) is 51.2 Å². The SMILES string of the molecule is CCOC(=O)COc1c(Cl)ccc(P(=O)(c2cc(C)c(OC)c(C)c2)c2cc(C)c(OC)c(C)c2)c1-c1c(P(=O)(c2cc(C)c(OC)c(C)c2)c2cc(C)c(OC)c(C)c2)ccc(Cl)c1OC1CCCCC1. The van der Waals surface area contributed by atoms with Crippen LogP contribution in [-0.4, -0.2) is 53.7 Å². The van der Waals surface area contributed by atoms with Crippen LogP contribution in [0.3, 0.4) is 0 Å². The summed E-state index contributed by atoms with van der Waals surface area (Å²) in [7, 11) is -1.90. The summed E-state index contributed by atoms with van der Waals surface area (Å²) in [6.45, 7) is 16.6. The van der Waals surface area contributed by atoms with Crippen molar-refractivity contribution in [3.05, 3.63) is 127 Å². The Kier molecular flexibility index (Phi) is 16.9. The van der Waals surface area contributed by atoms with E-state index in [1.165, 1.54) is 0 Å². The molecule has 6 aromatic carbocycles. The van der Waals surface area contributed by atoms with E-state index in [4.69, 9.17) is 56.4 Å². The molecule has 1 saturated carbocycles. The van der Waals surface area contributed by atoms with Crippen LogP contribution in [0.1, 0.15) is 83.5 Å². The summed E-state index contributed by atoms with van der Waals surface area (Å²) in [6.07, 6.45) is 4.13. The topological polar surface area (TPSA) is 116 Å². The van der Waals surface area contributed by atoms with Crippen LogP contribution in [-0.2, 0) is 18.7 Å². The molecule has 0 N–H and O–H groups in total. The maximum absolute atomic E-state index is 17.7. The number of hydrogen-bond donors (Lipinski definition) is 0. The molecular weight excluding hydrogens is 989 g/mol. The normalized spacial score (nSPS) is 13.2. The maximum atomic E-state index is 17.7. The minimum absolute atomic E-state index is 0.000833. The van der Waals surface area contributed by atoms with Gasteiger partial charge in [-0.25, -0.2) is 4.79 Å². The molecule has 0 unspecified atom stereocenters. The Balaban J connectivity index is 1.77. The van der Waals surface area contributed by atoms with Crippen molar-refractivity contribution in [1.82, 2.24) is 0 Å². The lowest BCUT2D eigenvalue weighted by atomic mass is 9.97. The predicted octanol–water partition coefficient (Wildman–Crippen LogP) is 12.1. The largest absolute Gasteiger partial charge is 0.496 e. The van der Waals surface area contributed by atoms with Gasteiger partial charge in [0.15, 0.2) is 20.9 Å². The molecule has 0 saturated heterocycles.